The van der Waals surface area contributed by atoms with Crippen LogP contribution in [-0.2, 0) is 18.7 Å². The van der Waals surface area contributed by atoms with Crippen molar-refractivity contribution >= 4 is 24.7 Å². The minimum atomic E-state index is -2.62. The first-order valence-electron chi connectivity index (χ1n) is 15.7. The summed E-state index contributed by atoms with van der Waals surface area (Å²) in [6.45, 7) is 12.2. The quantitative estimate of drug-likeness (QED) is 0.241. The molecule has 5 heteroatoms. The Hall–Kier alpha value is -1.95. The first-order chi connectivity index (χ1) is 19.1. The Bertz CT molecular complexity index is 1230. The summed E-state index contributed by atoms with van der Waals surface area (Å²) in [5.41, 5.74) is -0.0571. The molecule has 0 N–H and O–H groups in total. The Morgan fingerprint density at radius 2 is 1.48 bits per heavy atom. The third kappa shape index (κ3) is 3.59. The van der Waals surface area contributed by atoms with E-state index in [0.717, 1.165) is 19.3 Å². The molecule has 0 bridgehead atoms. The van der Waals surface area contributed by atoms with Crippen molar-refractivity contribution in [2.24, 2.45) is 28.6 Å². The third-order valence-electron chi connectivity index (χ3n) is 12.4. The standard InChI is InChI=1S/C35H46O4Si/c1-32(2,3)40(24-12-8-6-9-13-24,25-14-10-7-11-15-25)39-29-17-16-27-26-18-23-35-31(38-35)37-30(36)20-22-34(35,5)28(26)19-21-33(27,29)4/h6-15,26-29,31H,16-23H2,1-5H3/t26-,27+,28+,29-,31-,33-,34+,35-/m0/s1. The summed E-state index contributed by atoms with van der Waals surface area (Å²) >= 11 is 0. The van der Waals surface area contributed by atoms with E-state index in [1.165, 1.54) is 36.1 Å². The molecule has 3 saturated carbocycles. The number of fused-ring (bicyclic) bond motifs is 4. The van der Waals surface area contributed by atoms with Crippen LogP contribution < -0.4 is 10.4 Å². The number of carbonyl (C=O) groups is 1. The summed E-state index contributed by atoms with van der Waals surface area (Å²) < 4.78 is 19.8. The van der Waals surface area contributed by atoms with Gasteiger partial charge >= 0.3 is 5.97 Å². The molecule has 214 valence electrons. The number of rotatable bonds is 4. The Balaban J connectivity index is 1.24. The molecule has 1 spiro atoms. The molecule has 0 radical (unpaired) electrons. The Morgan fingerprint density at radius 3 is 2.10 bits per heavy atom. The van der Waals surface area contributed by atoms with E-state index in [0.29, 0.717) is 24.2 Å². The van der Waals surface area contributed by atoms with Crippen molar-refractivity contribution in [3.05, 3.63) is 60.7 Å². The zero-order chi connectivity index (χ0) is 28.0. The summed E-state index contributed by atoms with van der Waals surface area (Å²) in [5, 5.41) is 2.74. The zero-order valence-corrected chi connectivity index (χ0v) is 26.0. The van der Waals surface area contributed by atoms with Gasteiger partial charge in [-0.15, -0.1) is 0 Å². The highest BCUT2D eigenvalue weighted by atomic mass is 28.4. The van der Waals surface area contributed by atoms with Crippen molar-refractivity contribution in [2.45, 2.75) is 109 Å². The van der Waals surface area contributed by atoms with E-state index >= 15 is 0 Å². The van der Waals surface area contributed by atoms with Crippen LogP contribution in [0.3, 0.4) is 0 Å². The van der Waals surface area contributed by atoms with Crippen molar-refractivity contribution in [3.8, 4) is 0 Å². The Morgan fingerprint density at radius 1 is 0.825 bits per heavy atom. The molecular weight excluding hydrogens is 512 g/mol. The molecule has 2 heterocycles. The number of ether oxygens (including phenoxy) is 2. The van der Waals surface area contributed by atoms with Crippen LogP contribution in [0.2, 0.25) is 5.04 Å². The van der Waals surface area contributed by atoms with Crippen LogP contribution in [0.25, 0.3) is 0 Å². The molecule has 3 aliphatic carbocycles. The smallest absolute Gasteiger partial charge is 0.308 e. The lowest BCUT2D eigenvalue weighted by Crippen LogP contribution is -2.68. The lowest BCUT2D eigenvalue weighted by molar-refractivity contribution is -0.149. The second-order valence-electron chi connectivity index (χ2n) is 15.1. The van der Waals surface area contributed by atoms with Gasteiger partial charge in [-0.05, 0) is 83.5 Å². The van der Waals surface area contributed by atoms with Crippen LogP contribution >= 0.6 is 0 Å². The van der Waals surface area contributed by atoms with Gasteiger partial charge in [-0.1, -0.05) is 95.3 Å². The summed E-state index contributed by atoms with van der Waals surface area (Å²) in [4.78, 5) is 12.4. The van der Waals surface area contributed by atoms with E-state index in [1.54, 1.807) is 0 Å². The average Bonchev–Trinajstić information content (AvgIpc) is 3.55. The van der Waals surface area contributed by atoms with Crippen molar-refractivity contribution in [1.82, 2.24) is 0 Å². The molecule has 0 amide bonds. The molecule has 5 fully saturated rings. The van der Waals surface area contributed by atoms with Gasteiger partial charge in [0.2, 0.25) is 6.29 Å². The summed E-state index contributed by atoms with van der Waals surface area (Å²) in [5.74, 6) is 1.83. The van der Waals surface area contributed by atoms with E-state index in [4.69, 9.17) is 13.9 Å². The van der Waals surface area contributed by atoms with Gasteiger partial charge in [-0.3, -0.25) is 4.79 Å². The van der Waals surface area contributed by atoms with Crippen molar-refractivity contribution < 1.29 is 18.7 Å². The van der Waals surface area contributed by atoms with Crippen LogP contribution in [0.4, 0.5) is 0 Å². The molecule has 2 aliphatic heterocycles. The minimum absolute atomic E-state index is 0.0166. The molecule has 7 rings (SSSR count). The highest BCUT2D eigenvalue weighted by molar-refractivity contribution is 6.99. The first kappa shape index (κ1) is 26.9. The largest absolute Gasteiger partial charge is 0.432 e. The topological polar surface area (TPSA) is 48.1 Å². The van der Waals surface area contributed by atoms with Crippen LogP contribution in [0.15, 0.2) is 60.7 Å². The van der Waals surface area contributed by atoms with Gasteiger partial charge in [0.1, 0.15) is 5.60 Å². The predicted octanol–water partition coefficient (Wildman–Crippen LogP) is 6.61. The van der Waals surface area contributed by atoms with Crippen LogP contribution in [0.5, 0.6) is 0 Å². The Labute approximate surface area is 241 Å². The fraction of sp³-hybridized carbons (Fsp3) is 0.629. The number of carbonyl (C=O) groups excluding carboxylic acids is 1. The van der Waals surface area contributed by atoms with Gasteiger partial charge in [0.05, 0.1) is 6.10 Å². The zero-order valence-electron chi connectivity index (χ0n) is 25.0. The number of hydrogen-bond acceptors (Lipinski definition) is 4. The minimum Gasteiger partial charge on any atom is -0.432 e. The maximum atomic E-state index is 12.4. The molecule has 2 aromatic carbocycles. The normalized spacial score (nSPS) is 40.6. The summed E-state index contributed by atoms with van der Waals surface area (Å²) in [7, 11) is -2.62. The van der Waals surface area contributed by atoms with E-state index < -0.39 is 8.32 Å². The highest BCUT2D eigenvalue weighted by Crippen LogP contribution is 2.71. The monoisotopic (exact) mass is 558 g/mol. The van der Waals surface area contributed by atoms with Gasteiger partial charge in [0, 0.05) is 11.8 Å². The first-order valence-corrected chi connectivity index (χ1v) is 17.6. The lowest BCUT2D eigenvalue weighted by atomic mass is 9.46. The Kier molecular flexibility index (Phi) is 6.07. The van der Waals surface area contributed by atoms with Crippen LogP contribution in [-0.4, -0.2) is 32.3 Å². The summed E-state index contributed by atoms with van der Waals surface area (Å²) in [6, 6.07) is 22.3. The van der Waals surface area contributed by atoms with Crippen LogP contribution in [0, 0.1) is 28.6 Å². The van der Waals surface area contributed by atoms with Crippen molar-refractivity contribution in [1.29, 1.82) is 0 Å². The van der Waals surface area contributed by atoms with E-state index in [1.807, 2.05) is 0 Å². The second kappa shape index (κ2) is 9.02. The molecule has 40 heavy (non-hydrogen) atoms. The molecule has 2 saturated heterocycles. The fourth-order valence-corrected chi connectivity index (χ4v) is 15.1. The van der Waals surface area contributed by atoms with Crippen molar-refractivity contribution in [2.75, 3.05) is 0 Å². The highest BCUT2D eigenvalue weighted by Gasteiger charge is 2.76. The van der Waals surface area contributed by atoms with Gasteiger partial charge in [0.25, 0.3) is 8.32 Å². The second-order valence-corrected chi connectivity index (χ2v) is 19.3. The lowest BCUT2D eigenvalue weighted by Gasteiger charge is -2.58. The molecule has 8 atom stereocenters. The fourth-order valence-electron chi connectivity index (χ4n) is 10.3. The number of benzene rings is 2. The summed E-state index contributed by atoms with van der Waals surface area (Å²) in [6.07, 6.45) is 8.33. The molecular formula is C35H46O4Si. The number of hydrogen-bond donors (Lipinski definition) is 0. The van der Waals surface area contributed by atoms with Crippen LogP contribution in [0.1, 0.15) is 86.0 Å². The SMILES string of the molecule is CC(C)(C)[Si](O[C@H]1CC[C@@H]2[C@@H]3CC[C@]45O[C@@H]4OC(=O)CC[C@]5(C)[C@@H]3CC[C@]12C)(c1ccccc1)c1ccccc1. The van der Waals surface area contributed by atoms with Gasteiger partial charge in [-0.2, -0.15) is 0 Å². The van der Waals surface area contributed by atoms with Crippen molar-refractivity contribution in [3.63, 3.8) is 0 Å². The maximum absolute atomic E-state index is 12.4. The molecule has 4 nitrogen and oxygen atoms in total. The van der Waals surface area contributed by atoms with Gasteiger partial charge in [-0.25, -0.2) is 0 Å². The predicted molar refractivity (Wildman–Crippen MR) is 160 cm³/mol. The van der Waals surface area contributed by atoms with Gasteiger partial charge in [0.15, 0.2) is 0 Å². The molecule has 5 aliphatic rings. The molecule has 2 aromatic rings. The molecule has 0 aromatic heterocycles. The third-order valence-corrected chi connectivity index (χ3v) is 17.5. The number of esters is 1. The maximum Gasteiger partial charge on any atom is 0.308 e. The van der Waals surface area contributed by atoms with Gasteiger partial charge < -0.3 is 13.9 Å². The van der Waals surface area contributed by atoms with E-state index in [-0.39, 0.29) is 39.8 Å². The van der Waals surface area contributed by atoms with E-state index in [2.05, 4.69) is 95.3 Å². The van der Waals surface area contributed by atoms with E-state index in [9.17, 15) is 4.79 Å². The number of epoxide rings is 1. The average molecular weight is 559 g/mol. The molecule has 0 unspecified atom stereocenters.